The van der Waals surface area contributed by atoms with E-state index >= 15 is 0 Å². The Labute approximate surface area is 173 Å². The zero-order chi connectivity index (χ0) is 20.8. The van der Waals surface area contributed by atoms with Gasteiger partial charge in [-0.05, 0) is 50.8 Å². The van der Waals surface area contributed by atoms with Crippen molar-refractivity contribution in [1.29, 1.82) is 0 Å². The average Bonchev–Trinajstić information content (AvgIpc) is 2.74. The van der Waals surface area contributed by atoms with Crippen LogP contribution in [0.25, 0.3) is 0 Å². The molecule has 2 aromatic carbocycles. The molecule has 3 atom stereocenters. The molecule has 2 aromatic rings. The molecule has 3 unspecified atom stereocenters. The highest BCUT2D eigenvalue weighted by atomic mass is 16.2. The van der Waals surface area contributed by atoms with Crippen LogP contribution in [-0.2, 0) is 4.79 Å². The van der Waals surface area contributed by atoms with Crippen LogP contribution in [0.2, 0.25) is 0 Å². The Kier molecular flexibility index (Phi) is 7.04. The predicted octanol–water partition coefficient (Wildman–Crippen LogP) is 3.58. The third-order valence-corrected chi connectivity index (χ3v) is 5.68. The number of hydrogen-bond acceptors (Lipinski definition) is 3. The summed E-state index contributed by atoms with van der Waals surface area (Å²) in [6.45, 7) is 4.68. The van der Waals surface area contributed by atoms with Crippen molar-refractivity contribution in [3.63, 3.8) is 0 Å². The van der Waals surface area contributed by atoms with Crippen molar-refractivity contribution in [2.24, 2.45) is 5.73 Å². The van der Waals surface area contributed by atoms with Crippen molar-refractivity contribution < 1.29 is 9.59 Å². The van der Waals surface area contributed by atoms with E-state index in [4.69, 9.17) is 5.73 Å². The Balaban J connectivity index is 1.78. The number of likely N-dealkylation sites (tertiary alicyclic amines) is 1. The van der Waals surface area contributed by atoms with E-state index in [-0.39, 0.29) is 36.4 Å². The van der Waals surface area contributed by atoms with E-state index < -0.39 is 0 Å². The van der Waals surface area contributed by atoms with Crippen LogP contribution in [-0.4, -0.2) is 35.3 Å². The number of carbonyl (C=O) groups is 2. The van der Waals surface area contributed by atoms with Crippen LogP contribution in [0.4, 0.5) is 0 Å². The standard InChI is InChI=1S/C24H31N3O2/c1-17-11-13-20(14-12-17)24(29)26-21(19-8-4-3-5-9-19)16-23(28)27-15-7-6-10-22(27)18(2)25/h3-5,8-9,11-14,18,21-22H,6-7,10,15-16,25H2,1-2H3,(H,26,29). The van der Waals surface area contributed by atoms with Gasteiger partial charge < -0.3 is 16.0 Å². The van der Waals surface area contributed by atoms with Crippen molar-refractivity contribution in [2.75, 3.05) is 6.54 Å². The molecule has 1 heterocycles. The topological polar surface area (TPSA) is 75.4 Å². The number of hydrogen-bond donors (Lipinski definition) is 2. The van der Waals surface area contributed by atoms with E-state index in [1.165, 1.54) is 0 Å². The van der Waals surface area contributed by atoms with Gasteiger partial charge >= 0.3 is 0 Å². The van der Waals surface area contributed by atoms with Crippen molar-refractivity contribution in [2.45, 2.75) is 57.7 Å². The maximum Gasteiger partial charge on any atom is 0.251 e. The Hall–Kier alpha value is -2.66. The first-order valence-corrected chi connectivity index (χ1v) is 10.4. The fraction of sp³-hybridized carbons (Fsp3) is 0.417. The molecule has 1 aliphatic rings. The van der Waals surface area contributed by atoms with Gasteiger partial charge in [0.2, 0.25) is 5.91 Å². The summed E-state index contributed by atoms with van der Waals surface area (Å²) in [5.74, 6) is -0.126. The van der Waals surface area contributed by atoms with Crippen LogP contribution in [0.1, 0.15) is 60.1 Å². The van der Waals surface area contributed by atoms with Crippen molar-refractivity contribution in [1.82, 2.24) is 10.2 Å². The van der Waals surface area contributed by atoms with Crippen LogP contribution < -0.4 is 11.1 Å². The molecule has 0 spiro atoms. The quantitative estimate of drug-likeness (QED) is 0.788. The summed E-state index contributed by atoms with van der Waals surface area (Å²) in [5.41, 5.74) is 8.76. The monoisotopic (exact) mass is 393 g/mol. The molecule has 0 bridgehead atoms. The van der Waals surface area contributed by atoms with Gasteiger partial charge in [0.05, 0.1) is 12.5 Å². The molecule has 29 heavy (non-hydrogen) atoms. The number of rotatable bonds is 6. The summed E-state index contributed by atoms with van der Waals surface area (Å²) in [4.78, 5) is 27.9. The zero-order valence-electron chi connectivity index (χ0n) is 17.3. The first kappa shape index (κ1) is 21.1. The van der Waals surface area contributed by atoms with E-state index in [1.807, 2.05) is 73.3 Å². The lowest BCUT2D eigenvalue weighted by Gasteiger charge is -2.38. The highest BCUT2D eigenvalue weighted by molar-refractivity contribution is 5.94. The molecule has 3 rings (SSSR count). The molecule has 2 amide bonds. The molecule has 1 fully saturated rings. The average molecular weight is 394 g/mol. The largest absolute Gasteiger partial charge is 0.345 e. The lowest BCUT2D eigenvalue weighted by Crippen LogP contribution is -2.52. The minimum absolute atomic E-state index is 0.0464. The van der Waals surface area contributed by atoms with Gasteiger partial charge in [-0.3, -0.25) is 9.59 Å². The number of nitrogens with one attached hydrogen (secondary N) is 1. The zero-order valence-corrected chi connectivity index (χ0v) is 17.3. The fourth-order valence-corrected chi connectivity index (χ4v) is 3.99. The first-order chi connectivity index (χ1) is 14.0. The second-order valence-corrected chi connectivity index (χ2v) is 8.02. The SMILES string of the molecule is Cc1ccc(C(=O)NC(CC(=O)N2CCCCC2C(C)N)c2ccccc2)cc1. The van der Waals surface area contributed by atoms with E-state index in [1.54, 1.807) is 0 Å². The van der Waals surface area contributed by atoms with E-state index in [2.05, 4.69) is 5.32 Å². The lowest BCUT2D eigenvalue weighted by atomic mass is 9.95. The molecule has 0 aromatic heterocycles. The van der Waals surface area contributed by atoms with Crippen LogP contribution in [0.15, 0.2) is 54.6 Å². The molecule has 5 nitrogen and oxygen atoms in total. The highest BCUT2D eigenvalue weighted by Gasteiger charge is 2.31. The van der Waals surface area contributed by atoms with Crippen LogP contribution >= 0.6 is 0 Å². The van der Waals surface area contributed by atoms with Gasteiger partial charge in [-0.15, -0.1) is 0 Å². The summed E-state index contributed by atoms with van der Waals surface area (Å²) >= 11 is 0. The Morgan fingerprint density at radius 1 is 1.10 bits per heavy atom. The Morgan fingerprint density at radius 3 is 2.45 bits per heavy atom. The normalized spacial score (nSPS) is 18.7. The van der Waals surface area contributed by atoms with Gasteiger partial charge in [-0.1, -0.05) is 48.0 Å². The number of nitrogens with zero attached hydrogens (tertiary/aromatic N) is 1. The van der Waals surface area contributed by atoms with E-state index in [0.717, 1.165) is 36.9 Å². The van der Waals surface area contributed by atoms with E-state index in [0.29, 0.717) is 5.56 Å². The van der Waals surface area contributed by atoms with Crippen LogP contribution in [0.3, 0.4) is 0 Å². The van der Waals surface area contributed by atoms with Crippen molar-refractivity contribution in [3.05, 3.63) is 71.3 Å². The molecule has 5 heteroatoms. The summed E-state index contributed by atoms with van der Waals surface area (Å²) in [6, 6.07) is 16.8. The summed E-state index contributed by atoms with van der Waals surface area (Å²) in [6.07, 6.45) is 3.27. The Morgan fingerprint density at radius 2 is 1.79 bits per heavy atom. The third-order valence-electron chi connectivity index (χ3n) is 5.68. The molecule has 0 radical (unpaired) electrons. The number of benzene rings is 2. The van der Waals surface area contributed by atoms with Gasteiger partial charge in [0.15, 0.2) is 0 Å². The number of piperidine rings is 1. The molecule has 1 aliphatic heterocycles. The van der Waals surface area contributed by atoms with Gasteiger partial charge in [0.1, 0.15) is 0 Å². The van der Waals surface area contributed by atoms with Gasteiger partial charge in [-0.25, -0.2) is 0 Å². The minimum atomic E-state index is -0.381. The van der Waals surface area contributed by atoms with Crippen LogP contribution in [0.5, 0.6) is 0 Å². The highest BCUT2D eigenvalue weighted by Crippen LogP contribution is 2.24. The minimum Gasteiger partial charge on any atom is -0.345 e. The second kappa shape index (κ2) is 9.70. The number of carbonyl (C=O) groups excluding carboxylic acids is 2. The van der Waals surface area contributed by atoms with Gasteiger partial charge in [-0.2, -0.15) is 0 Å². The van der Waals surface area contributed by atoms with E-state index in [9.17, 15) is 9.59 Å². The lowest BCUT2D eigenvalue weighted by molar-refractivity contribution is -0.135. The number of amides is 2. The van der Waals surface area contributed by atoms with Crippen LogP contribution in [0, 0.1) is 6.92 Å². The molecule has 0 saturated carbocycles. The maximum absolute atomic E-state index is 13.2. The third kappa shape index (κ3) is 5.45. The molecule has 0 aliphatic carbocycles. The second-order valence-electron chi connectivity index (χ2n) is 8.02. The maximum atomic E-state index is 13.2. The molecule has 1 saturated heterocycles. The van der Waals surface area contributed by atoms with Crippen molar-refractivity contribution >= 4 is 11.8 Å². The number of nitrogens with two attached hydrogens (primary N) is 1. The number of aryl methyl sites for hydroxylation is 1. The summed E-state index contributed by atoms with van der Waals surface area (Å²) < 4.78 is 0. The fourth-order valence-electron chi connectivity index (χ4n) is 3.99. The van der Waals surface area contributed by atoms with Crippen molar-refractivity contribution in [3.8, 4) is 0 Å². The van der Waals surface area contributed by atoms with Gasteiger partial charge in [0, 0.05) is 24.2 Å². The smallest absolute Gasteiger partial charge is 0.251 e. The van der Waals surface area contributed by atoms with Gasteiger partial charge in [0.25, 0.3) is 5.91 Å². The Bertz CT molecular complexity index is 818. The molecule has 3 N–H and O–H groups in total. The predicted molar refractivity (Wildman–Crippen MR) is 115 cm³/mol. The summed E-state index contributed by atoms with van der Waals surface area (Å²) in [5, 5.41) is 3.07. The first-order valence-electron chi connectivity index (χ1n) is 10.4. The molecular weight excluding hydrogens is 362 g/mol. The summed E-state index contributed by atoms with van der Waals surface area (Å²) in [7, 11) is 0. The molecular formula is C24H31N3O2. The molecule has 154 valence electrons.